The first-order valence-corrected chi connectivity index (χ1v) is 4.83. The summed E-state index contributed by atoms with van der Waals surface area (Å²) in [5.41, 5.74) is 0.956. The summed E-state index contributed by atoms with van der Waals surface area (Å²) in [5.74, 6) is 0.181. The van der Waals surface area contributed by atoms with Crippen LogP contribution >= 0.6 is 0 Å². The maximum absolute atomic E-state index is 11.5. The van der Waals surface area contributed by atoms with E-state index in [0.29, 0.717) is 5.75 Å². The summed E-state index contributed by atoms with van der Waals surface area (Å²) in [7, 11) is 1.82. The van der Waals surface area contributed by atoms with E-state index in [1.165, 1.54) is 6.26 Å². The molecule has 1 heterocycles. The van der Waals surface area contributed by atoms with Gasteiger partial charge in [-0.3, -0.25) is 0 Å². The predicted octanol–water partition coefficient (Wildman–Crippen LogP) is 2.54. The molecule has 1 N–H and O–H groups in total. The zero-order valence-corrected chi connectivity index (χ0v) is 8.77. The first-order chi connectivity index (χ1) is 7.79. The molecule has 0 aliphatic carbocycles. The Bertz CT molecular complexity index is 460. The normalized spacial score (nSPS) is 9.81. The van der Waals surface area contributed by atoms with E-state index in [9.17, 15) is 4.79 Å². The molecule has 1 aromatic heterocycles. The van der Waals surface area contributed by atoms with Crippen molar-refractivity contribution in [1.82, 2.24) is 0 Å². The average molecular weight is 217 g/mol. The molecule has 0 amide bonds. The van der Waals surface area contributed by atoms with Crippen molar-refractivity contribution in [1.29, 1.82) is 0 Å². The Kier molecular flexibility index (Phi) is 2.91. The van der Waals surface area contributed by atoms with Crippen molar-refractivity contribution in [3.05, 3.63) is 48.4 Å². The summed E-state index contributed by atoms with van der Waals surface area (Å²) in [6.45, 7) is 0. The molecule has 0 spiro atoms. The maximum atomic E-state index is 11.5. The summed E-state index contributed by atoms with van der Waals surface area (Å²) < 4.78 is 10.0. The van der Waals surface area contributed by atoms with Crippen LogP contribution in [0.25, 0.3) is 0 Å². The molecule has 0 unspecified atom stereocenters. The van der Waals surface area contributed by atoms with Gasteiger partial charge < -0.3 is 14.5 Å². The second-order valence-electron chi connectivity index (χ2n) is 3.14. The number of benzene rings is 1. The van der Waals surface area contributed by atoms with Gasteiger partial charge in [0.15, 0.2) is 0 Å². The van der Waals surface area contributed by atoms with Crippen LogP contribution < -0.4 is 10.1 Å². The highest BCUT2D eigenvalue weighted by molar-refractivity contribution is 5.88. The molecule has 0 bridgehead atoms. The van der Waals surface area contributed by atoms with E-state index in [1.807, 2.05) is 19.2 Å². The molecular weight excluding hydrogens is 206 g/mol. The van der Waals surface area contributed by atoms with Crippen LogP contribution in [0.15, 0.2) is 47.1 Å². The minimum Gasteiger partial charge on any atom is -0.457 e. The van der Waals surface area contributed by atoms with Crippen molar-refractivity contribution in [2.45, 2.75) is 0 Å². The molecule has 4 heteroatoms. The van der Waals surface area contributed by atoms with Gasteiger partial charge in [0.05, 0.1) is 6.26 Å². The van der Waals surface area contributed by atoms with Crippen LogP contribution in [-0.2, 0) is 0 Å². The SMILES string of the molecule is CNc1ccc(OC(=O)c2ccco2)cc1. The zero-order chi connectivity index (χ0) is 11.4. The Morgan fingerprint density at radius 3 is 2.56 bits per heavy atom. The summed E-state index contributed by atoms with van der Waals surface area (Å²) in [6.07, 6.45) is 1.43. The van der Waals surface area contributed by atoms with Crippen molar-refractivity contribution in [2.24, 2.45) is 0 Å². The van der Waals surface area contributed by atoms with Gasteiger partial charge in [0.2, 0.25) is 5.76 Å². The number of rotatable bonds is 3. The van der Waals surface area contributed by atoms with Crippen molar-refractivity contribution >= 4 is 11.7 Å². The van der Waals surface area contributed by atoms with Gasteiger partial charge in [-0.1, -0.05) is 0 Å². The fourth-order valence-corrected chi connectivity index (χ4v) is 1.24. The van der Waals surface area contributed by atoms with Crippen molar-refractivity contribution in [3.63, 3.8) is 0 Å². The second kappa shape index (κ2) is 4.53. The molecule has 0 saturated carbocycles. The van der Waals surface area contributed by atoms with Gasteiger partial charge in [0, 0.05) is 12.7 Å². The van der Waals surface area contributed by atoms with Crippen LogP contribution in [0.3, 0.4) is 0 Å². The standard InChI is InChI=1S/C12H11NO3/c1-13-9-4-6-10(7-5-9)16-12(14)11-3-2-8-15-11/h2-8,13H,1H3. The summed E-state index contributed by atoms with van der Waals surface area (Å²) >= 11 is 0. The highest BCUT2D eigenvalue weighted by Gasteiger charge is 2.10. The lowest BCUT2D eigenvalue weighted by Crippen LogP contribution is -2.06. The van der Waals surface area contributed by atoms with E-state index in [-0.39, 0.29) is 5.76 Å². The Morgan fingerprint density at radius 1 is 1.25 bits per heavy atom. The Morgan fingerprint density at radius 2 is 2.00 bits per heavy atom. The first-order valence-electron chi connectivity index (χ1n) is 4.83. The van der Waals surface area contributed by atoms with E-state index in [0.717, 1.165) is 5.69 Å². The van der Waals surface area contributed by atoms with Crippen LogP contribution in [-0.4, -0.2) is 13.0 Å². The van der Waals surface area contributed by atoms with E-state index in [2.05, 4.69) is 5.32 Å². The van der Waals surface area contributed by atoms with Gasteiger partial charge in [-0.2, -0.15) is 0 Å². The van der Waals surface area contributed by atoms with Gasteiger partial charge in [0.25, 0.3) is 0 Å². The maximum Gasteiger partial charge on any atom is 0.379 e. The fraction of sp³-hybridized carbons (Fsp3) is 0.0833. The summed E-state index contributed by atoms with van der Waals surface area (Å²) in [6, 6.07) is 10.3. The van der Waals surface area contributed by atoms with Crippen molar-refractivity contribution in [3.8, 4) is 5.75 Å². The smallest absolute Gasteiger partial charge is 0.379 e. The average Bonchev–Trinajstić information content (AvgIpc) is 2.83. The van der Waals surface area contributed by atoms with Crippen LogP contribution in [0.5, 0.6) is 5.75 Å². The van der Waals surface area contributed by atoms with E-state index in [4.69, 9.17) is 9.15 Å². The topological polar surface area (TPSA) is 51.5 Å². The number of hydrogen-bond acceptors (Lipinski definition) is 4. The largest absolute Gasteiger partial charge is 0.457 e. The Hall–Kier alpha value is -2.23. The minimum absolute atomic E-state index is 0.192. The Balaban J connectivity index is 2.06. The molecule has 0 fully saturated rings. The van der Waals surface area contributed by atoms with Crippen LogP contribution in [0, 0.1) is 0 Å². The van der Waals surface area contributed by atoms with E-state index in [1.54, 1.807) is 24.3 Å². The molecular formula is C12H11NO3. The fourth-order valence-electron chi connectivity index (χ4n) is 1.24. The summed E-state index contributed by atoms with van der Waals surface area (Å²) in [5, 5.41) is 2.98. The number of furan rings is 1. The molecule has 0 saturated heterocycles. The lowest BCUT2D eigenvalue weighted by Gasteiger charge is -2.03. The monoisotopic (exact) mass is 217 g/mol. The molecule has 2 rings (SSSR count). The van der Waals surface area contributed by atoms with Crippen LogP contribution in [0.4, 0.5) is 5.69 Å². The molecule has 16 heavy (non-hydrogen) atoms. The predicted molar refractivity (Wildman–Crippen MR) is 59.7 cm³/mol. The van der Waals surface area contributed by atoms with Gasteiger partial charge in [-0.05, 0) is 36.4 Å². The number of carbonyl (C=O) groups excluding carboxylic acids is 1. The second-order valence-corrected chi connectivity index (χ2v) is 3.14. The van der Waals surface area contributed by atoms with Crippen LogP contribution in [0.2, 0.25) is 0 Å². The Labute approximate surface area is 92.8 Å². The number of carbonyl (C=O) groups is 1. The molecule has 1 aromatic carbocycles. The molecule has 4 nitrogen and oxygen atoms in total. The third-order valence-corrected chi connectivity index (χ3v) is 2.08. The third kappa shape index (κ3) is 2.23. The highest BCUT2D eigenvalue weighted by Crippen LogP contribution is 2.16. The van der Waals surface area contributed by atoms with Crippen molar-refractivity contribution in [2.75, 3.05) is 12.4 Å². The van der Waals surface area contributed by atoms with E-state index < -0.39 is 5.97 Å². The molecule has 0 atom stereocenters. The van der Waals surface area contributed by atoms with Gasteiger partial charge >= 0.3 is 5.97 Å². The van der Waals surface area contributed by atoms with Gasteiger partial charge in [-0.25, -0.2) is 4.79 Å². The number of anilines is 1. The van der Waals surface area contributed by atoms with E-state index >= 15 is 0 Å². The number of nitrogens with one attached hydrogen (secondary N) is 1. The molecule has 0 aliphatic rings. The number of hydrogen-bond donors (Lipinski definition) is 1. The summed E-state index contributed by atoms with van der Waals surface area (Å²) in [4.78, 5) is 11.5. The van der Waals surface area contributed by atoms with Gasteiger partial charge in [0.1, 0.15) is 5.75 Å². The first kappa shape index (κ1) is 10.3. The highest BCUT2D eigenvalue weighted by atomic mass is 16.5. The minimum atomic E-state index is -0.498. The molecule has 82 valence electrons. The molecule has 2 aromatic rings. The molecule has 0 aliphatic heterocycles. The van der Waals surface area contributed by atoms with Crippen LogP contribution in [0.1, 0.15) is 10.6 Å². The lowest BCUT2D eigenvalue weighted by atomic mass is 10.3. The zero-order valence-electron chi connectivity index (χ0n) is 8.77. The quantitative estimate of drug-likeness (QED) is 0.634. The number of ether oxygens (including phenoxy) is 1. The third-order valence-electron chi connectivity index (χ3n) is 2.08. The molecule has 0 radical (unpaired) electrons. The van der Waals surface area contributed by atoms with Crippen molar-refractivity contribution < 1.29 is 13.9 Å². The lowest BCUT2D eigenvalue weighted by molar-refractivity contribution is 0.0701. The number of esters is 1. The van der Waals surface area contributed by atoms with Gasteiger partial charge in [-0.15, -0.1) is 0 Å².